The number of halogens is 1. The number of anilines is 1. The number of hydrogen-bond donors (Lipinski definition) is 1. The Balaban J connectivity index is 2.23. The van der Waals surface area contributed by atoms with E-state index in [4.69, 9.17) is 10.5 Å². The average molecular weight is 327 g/mol. The lowest BCUT2D eigenvalue weighted by Gasteiger charge is -2.05. The highest BCUT2D eigenvalue weighted by Crippen LogP contribution is 2.21. The molecule has 0 aliphatic rings. The largest absolute Gasteiger partial charge is 0.439 e. The standard InChI is InChI=1S/C11H10IN3O/c1-7-6-10(15-11(13)14-7)16-9-4-2-8(12)3-5-9/h2-6H,1H3,(H2,13,14,15). The van der Waals surface area contributed by atoms with Crippen molar-refractivity contribution in [2.45, 2.75) is 6.92 Å². The van der Waals surface area contributed by atoms with Gasteiger partial charge in [-0.1, -0.05) is 0 Å². The van der Waals surface area contributed by atoms with Crippen LogP contribution in [-0.4, -0.2) is 9.97 Å². The third kappa shape index (κ3) is 2.82. The van der Waals surface area contributed by atoms with E-state index >= 15 is 0 Å². The molecule has 0 unspecified atom stereocenters. The summed E-state index contributed by atoms with van der Waals surface area (Å²) < 4.78 is 6.72. The van der Waals surface area contributed by atoms with Gasteiger partial charge in [0.1, 0.15) is 5.75 Å². The van der Waals surface area contributed by atoms with Crippen molar-refractivity contribution in [2.24, 2.45) is 0 Å². The molecule has 0 bridgehead atoms. The normalized spacial score (nSPS) is 10.1. The van der Waals surface area contributed by atoms with Crippen molar-refractivity contribution in [3.8, 4) is 11.6 Å². The highest BCUT2D eigenvalue weighted by molar-refractivity contribution is 14.1. The van der Waals surface area contributed by atoms with Crippen LogP contribution in [0.15, 0.2) is 30.3 Å². The van der Waals surface area contributed by atoms with Crippen LogP contribution in [-0.2, 0) is 0 Å². The van der Waals surface area contributed by atoms with E-state index in [1.807, 2.05) is 31.2 Å². The number of nitrogens with zero attached hydrogens (tertiary/aromatic N) is 2. The Morgan fingerprint density at radius 2 is 1.88 bits per heavy atom. The summed E-state index contributed by atoms with van der Waals surface area (Å²) in [5.74, 6) is 1.42. The summed E-state index contributed by atoms with van der Waals surface area (Å²) in [6.07, 6.45) is 0. The third-order valence-electron chi connectivity index (χ3n) is 1.88. The Morgan fingerprint density at radius 1 is 1.19 bits per heavy atom. The van der Waals surface area contributed by atoms with Crippen molar-refractivity contribution in [3.63, 3.8) is 0 Å². The molecule has 0 saturated heterocycles. The predicted octanol–water partition coefficient (Wildman–Crippen LogP) is 2.76. The second-order valence-electron chi connectivity index (χ2n) is 3.26. The van der Waals surface area contributed by atoms with Crippen LogP contribution in [0.4, 0.5) is 5.95 Å². The van der Waals surface area contributed by atoms with Gasteiger partial charge in [-0.3, -0.25) is 0 Å². The topological polar surface area (TPSA) is 61.0 Å². The van der Waals surface area contributed by atoms with Gasteiger partial charge in [0.2, 0.25) is 11.8 Å². The van der Waals surface area contributed by atoms with Gasteiger partial charge in [-0.05, 0) is 53.8 Å². The van der Waals surface area contributed by atoms with Crippen molar-refractivity contribution >= 4 is 28.5 Å². The quantitative estimate of drug-likeness (QED) is 0.862. The maximum Gasteiger partial charge on any atom is 0.224 e. The smallest absolute Gasteiger partial charge is 0.224 e. The summed E-state index contributed by atoms with van der Waals surface area (Å²) in [6.45, 7) is 1.85. The number of benzene rings is 1. The first-order valence-electron chi connectivity index (χ1n) is 4.68. The fourth-order valence-electron chi connectivity index (χ4n) is 1.24. The van der Waals surface area contributed by atoms with Crippen molar-refractivity contribution < 1.29 is 4.74 Å². The third-order valence-corrected chi connectivity index (χ3v) is 2.60. The molecule has 2 aromatic rings. The first-order valence-corrected chi connectivity index (χ1v) is 5.76. The zero-order valence-corrected chi connectivity index (χ0v) is 10.8. The summed E-state index contributed by atoms with van der Waals surface area (Å²) in [6, 6.07) is 9.44. The van der Waals surface area contributed by atoms with E-state index in [-0.39, 0.29) is 5.95 Å². The van der Waals surface area contributed by atoms with Crippen molar-refractivity contribution in [3.05, 3.63) is 39.6 Å². The molecule has 16 heavy (non-hydrogen) atoms. The lowest BCUT2D eigenvalue weighted by molar-refractivity contribution is 0.462. The number of nitrogen functional groups attached to an aromatic ring is 1. The number of rotatable bonds is 2. The van der Waals surface area contributed by atoms with Gasteiger partial charge in [0.25, 0.3) is 0 Å². The first-order chi connectivity index (χ1) is 7.63. The maximum atomic E-state index is 5.56. The zero-order chi connectivity index (χ0) is 11.5. The molecule has 0 atom stereocenters. The minimum absolute atomic E-state index is 0.223. The molecular formula is C11H10IN3O. The first kappa shape index (κ1) is 11.1. The molecule has 2 N–H and O–H groups in total. The van der Waals surface area contributed by atoms with E-state index in [2.05, 4.69) is 32.6 Å². The van der Waals surface area contributed by atoms with Crippen molar-refractivity contribution in [1.82, 2.24) is 9.97 Å². The number of ether oxygens (including phenoxy) is 1. The molecule has 0 fully saturated rings. The summed E-state index contributed by atoms with van der Waals surface area (Å²) in [7, 11) is 0. The summed E-state index contributed by atoms with van der Waals surface area (Å²) >= 11 is 2.24. The van der Waals surface area contributed by atoms with Crippen LogP contribution in [0.2, 0.25) is 0 Å². The van der Waals surface area contributed by atoms with Gasteiger partial charge in [-0.15, -0.1) is 0 Å². The molecule has 2 rings (SSSR count). The van der Waals surface area contributed by atoms with Gasteiger partial charge in [-0.25, -0.2) is 4.98 Å². The van der Waals surface area contributed by atoms with Crippen LogP contribution < -0.4 is 10.5 Å². The molecule has 1 aromatic heterocycles. The Kier molecular flexibility index (Phi) is 3.23. The second kappa shape index (κ2) is 4.65. The average Bonchev–Trinajstić information content (AvgIpc) is 2.20. The lowest BCUT2D eigenvalue weighted by atomic mass is 10.3. The molecule has 0 radical (unpaired) electrons. The van der Waals surface area contributed by atoms with E-state index in [0.717, 1.165) is 15.0 Å². The molecule has 0 aliphatic carbocycles. The van der Waals surface area contributed by atoms with Gasteiger partial charge in [-0.2, -0.15) is 4.98 Å². The molecule has 82 valence electrons. The van der Waals surface area contributed by atoms with E-state index in [0.29, 0.717) is 5.88 Å². The van der Waals surface area contributed by atoms with Gasteiger partial charge < -0.3 is 10.5 Å². The molecule has 1 aromatic carbocycles. The van der Waals surface area contributed by atoms with Crippen LogP contribution in [0, 0.1) is 10.5 Å². The van der Waals surface area contributed by atoms with Gasteiger partial charge in [0.05, 0.1) is 0 Å². The number of nitrogens with two attached hydrogens (primary N) is 1. The monoisotopic (exact) mass is 327 g/mol. The van der Waals surface area contributed by atoms with E-state index in [1.165, 1.54) is 0 Å². The van der Waals surface area contributed by atoms with Crippen molar-refractivity contribution in [2.75, 3.05) is 5.73 Å². The van der Waals surface area contributed by atoms with Crippen molar-refractivity contribution in [1.29, 1.82) is 0 Å². The predicted molar refractivity (Wildman–Crippen MR) is 70.4 cm³/mol. The second-order valence-corrected chi connectivity index (χ2v) is 4.51. The molecule has 4 nitrogen and oxygen atoms in total. The van der Waals surface area contributed by atoms with Crippen LogP contribution in [0.1, 0.15) is 5.69 Å². The fraction of sp³-hybridized carbons (Fsp3) is 0.0909. The Bertz CT molecular complexity index is 479. The molecule has 0 spiro atoms. The van der Waals surface area contributed by atoms with Gasteiger partial charge >= 0.3 is 0 Å². The number of hydrogen-bond acceptors (Lipinski definition) is 4. The van der Waals surface area contributed by atoms with Crippen LogP contribution in [0.5, 0.6) is 11.6 Å². The van der Waals surface area contributed by atoms with Gasteiger partial charge in [0.15, 0.2) is 0 Å². The molecule has 0 saturated carbocycles. The number of aromatic nitrogens is 2. The SMILES string of the molecule is Cc1cc(Oc2ccc(I)cc2)nc(N)n1. The van der Waals surface area contributed by atoms with E-state index < -0.39 is 0 Å². The van der Waals surface area contributed by atoms with E-state index in [9.17, 15) is 0 Å². The number of aryl methyl sites for hydroxylation is 1. The highest BCUT2D eigenvalue weighted by Gasteiger charge is 2.01. The fourth-order valence-corrected chi connectivity index (χ4v) is 1.60. The Labute approximate surface area is 107 Å². The minimum Gasteiger partial charge on any atom is -0.439 e. The van der Waals surface area contributed by atoms with Crippen LogP contribution >= 0.6 is 22.6 Å². The zero-order valence-electron chi connectivity index (χ0n) is 8.64. The molecule has 5 heteroatoms. The maximum absolute atomic E-state index is 5.56. The Hall–Kier alpha value is -1.37. The molecule has 0 aliphatic heterocycles. The summed E-state index contributed by atoms with van der Waals surface area (Å²) in [5.41, 5.74) is 6.32. The molecule has 0 amide bonds. The Morgan fingerprint density at radius 3 is 2.50 bits per heavy atom. The van der Waals surface area contributed by atoms with Crippen LogP contribution in [0.25, 0.3) is 0 Å². The lowest BCUT2D eigenvalue weighted by Crippen LogP contribution is -1.98. The molecular weight excluding hydrogens is 317 g/mol. The highest BCUT2D eigenvalue weighted by atomic mass is 127. The summed E-state index contributed by atoms with van der Waals surface area (Å²) in [5, 5.41) is 0. The summed E-state index contributed by atoms with van der Waals surface area (Å²) in [4.78, 5) is 7.97. The van der Waals surface area contributed by atoms with E-state index in [1.54, 1.807) is 6.07 Å². The minimum atomic E-state index is 0.223. The van der Waals surface area contributed by atoms with Gasteiger partial charge in [0, 0.05) is 15.3 Å². The van der Waals surface area contributed by atoms with Crippen LogP contribution in [0.3, 0.4) is 0 Å². The molecule has 1 heterocycles.